The van der Waals surface area contributed by atoms with E-state index in [-0.39, 0.29) is 31.4 Å². The molecule has 0 bridgehead atoms. The highest BCUT2D eigenvalue weighted by Gasteiger charge is 2.05. The minimum atomic E-state index is -3.79. The highest BCUT2D eigenvalue weighted by molar-refractivity contribution is 7.87. The van der Waals surface area contributed by atoms with Gasteiger partial charge in [-0.15, -0.1) is 24.8 Å². The van der Waals surface area contributed by atoms with Gasteiger partial charge in [0.2, 0.25) is 0 Å². The van der Waals surface area contributed by atoms with Crippen molar-refractivity contribution in [2.45, 2.75) is 6.92 Å². The maximum Gasteiger partial charge on any atom is 0.321 e. The molecule has 9 heteroatoms. The number of halogens is 2. The van der Waals surface area contributed by atoms with E-state index in [1.54, 1.807) is 11.6 Å². The molecule has 0 aromatic heterocycles. The largest absolute Gasteiger partial charge is 0.465 e. The van der Waals surface area contributed by atoms with Gasteiger partial charge in [-0.3, -0.25) is 4.79 Å². The van der Waals surface area contributed by atoms with Crippen molar-refractivity contribution < 1.29 is 17.9 Å². The van der Waals surface area contributed by atoms with E-state index in [2.05, 4.69) is 9.88 Å². The van der Waals surface area contributed by atoms with Crippen molar-refractivity contribution >= 4 is 41.0 Å². The van der Waals surface area contributed by atoms with E-state index in [1.807, 2.05) is 0 Å². The lowest BCUT2D eigenvalue weighted by Gasteiger charge is -2.00. The second-order valence-electron chi connectivity index (χ2n) is 1.67. The lowest BCUT2D eigenvalue weighted by atomic mass is 10.7. The van der Waals surface area contributed by atoms with Crippen LogP contribution in [0, 0.1) is 0 Å². The highest BCUT2D eigenvalue weighted by Crippen LogP contribution is 1.75. The number of carbonyl (C=O) groups excluding carboxylic acids is 1. The van der Waals surface area contributed by atoms with E-state index in [0.29, 0.717) is 0 Å². The second-order valence-corrected chi connectivity index (χ2v) is 3.05. The topological polar surface area (TPSA) is 98.5 Å². The molecule has 0 radical (unpaired) electrons. The Hall–Kier alpha value is -0.0800. The average Bonchev–Trinajstić information content (AvgIpc) is 1.83. The quantitative estimate of drug-likeness (QED) is 0.641. The molecule has 3 N–H and O–H groups in total. The Kier molecular flexibility index (Phi) is 12.2. The summed E-state index contributed by atoms with van der Waals surface area (Å²) in [6.45, 7) is 1.41. The maximum atomic E-state index is 10.5. The number of hydrogen-bond acceptors (Lipinski definition) is 4. The van der Waals surface area contributed by atoms with E-state index < -0.39 is 22.7 Å². The summed E-state index contributed by atoms with van der Waals surface area (Å²) in [5.41, 5.74) is 0. The molecule has 6 nitrogen and oxygen atoms in total. The number of hydrogen-bond donors (Lipinski definition) is 2. The van der Waals surface area contributed by atoms with Crippen molar-refractivity contribution in [2.75, 3.05) is 13.2 Å². The molecule has 0 fully saturated rings. The Morgan fingerprint density at radius 3 is 2.23 bits per heavy atom. The van der Waals surface area contributed by atoms with Crippen LogP contribution in [0.4, 0.5) is 0 Å². The number of ether oxygens (including phenoxy) is 1. The zero-order chi connectivity index (χ0) is 8.91. The van der Waals surface area contributed by atoms with Gasteiger partial charge in [0.25, 0.3) is 10.2 Å². The number of rotatable bonds is 4. The van der Waals surface area contributed by atoms with Gasteiger partial charge >= 0.3 is 5.97 Å². The van der Waals surface area contributed by atoms with Crippen molar-refractivity contribution in [1.82, 2.24) is 4.72 Å². The summed E-state index contributed by atoms with van der Waals surface area (Å²) in [7, 11) is -3.79. The molecule has 0 aliphatic rings. The van der Waals surface area contributed by atoms with Gasteiger partial charge in [-0.2, -0.15) is 13.1 Å². The second kappa shape index (κ2) is 8.52. The molecule has 0 saturated carbocycles. The fourth-order valence-corrected chi connectivity index (χ4v) is 0.691. The van der Waals surface area contributed by atoms with Gasteiger partial charge < -0.3 is 4.74 Å². The molecule has 0 aromatic rings. The van der Waals surface area contributed by atoms with Crippen molar-refractivity contribution in [1.29, 1.82) is 0 Å². The van der Waals surface area contributed by atoms with Gasteiger partial charge in [-0.25, -0.2) is 5.14 Å². The van der Waals surface area contributed by atoms with E-state index in [4.69, 9.17) is 0 Å². The van der Waals surface area contributed by atoms with Gasteiger partial charge in [-0.05, 0) is 6.92 Å². The van der Waals surface area contributed by atoms with Gasteiger partial charge in [-0.1, -0.05) is 0 Å². The molecule has 0 aromatic carbocycles. The lowest BCUT2D eigenvalue weighted by Crippen LogP contribution is -2.35. The molecule has 0 aliphatic heterocycles. The molecular weight excluding hydrogens is 243 g/mol. The lowest BCUT2D eigenvalue weighted by molar-refractivity contribution is -0.141. The molecule has 0 spiro atoms. The molecule has 0 heterocycles. The monoisotopic (exact) mass is 254 g/mol. The van der Waals surface area contributed by atoms with Crippen LogP contribution < -0.4 is 9.86 Å². The third kappa shape index (κ3) is 14.7. The van der Waals surface area contributed by atoms with E-state index in [1.165, 1.54) is 0 Å². The maximum absolute atomic E-state index is 10.5. The van der Waals surface area contributed by atoms with E-state index >= 15 is 0 Å². The van der Waals surface area contributed by atoms with Crippen LogP contribution in [-0.4, -0.2) is 27.5 Å². The summed E-state index contributed by atoms with van der Waals surface area (Å²) < 4.78 is 26.6. The van der Waals surface area contributed by atoms with Crippen LogP contribution in [0.5, 0.6) is 0 Å². The fraction of sp³-hybridized carbons (Fsp3) is 0.750. The molecule has 0 aliphatic carbocycles. The predicted molar refractivity (Wildman–Crippen MR) is 52.2 cm³/mol. The average molecular weight is 255 g/mol. The van der Waals surface area contributed by atoms with Crippen molar-refractivity contribution in [3.63, 3.8) is 0 Å². The van der Waals surface area contributed by atoms with Crippen LogP contribution in [0.25, 0.3) is 0 Å². The SMILES string of the molecule is CCOC(=O)CNS(N)(=O)=O.Cl.Cl. The molecule has 0 amide bonds. The molecular formula is C4H12Cl2N2O4S. The normalized spacial score (nSPS) is 9.38. The Bertz CT molecular complexity index is 230. The third-order valence-corrected chi connectivity index (χ3v) is 1.27. The number of esters is 1. The Morgan fingerprint density at radius 1 is 1.46 bits per heavy atom. The van der Waals surface area contributed by atoms with Crippen LogP contribution in [0.1, 0.15) is 6.92 Å². The van der Waals surface area contributed by atoms with Crippen LogP contribution >= 0.6 is 24.8 Å². The summed E-state index contributed by atoms with van der Waals surface area (Å²) in [4.78, 5) is 10.5. The first-order chi connectivity index (χ1) is 4.95. The Balaban J connectivity index is -0.000000500. The smallest absolute Gasteiger partial charge is 0.321 e. The summed E-state index contributed by atoms with van der Waals surface area (Å²) in [6, 6.07) is 0. The first kappa shape index (κ1) is 18.7. The summed E-state index contributed by atoms with van der Waals surface area (Å²) in [5.74, 6) is -0.651. The van der Waals surface area contributed by atoms with Crippen molar-refractivity contribution in [2.24, 2.45) is 5.14 Å². The van der Waals surface area contributed by atoms with Gasteiger partial charge in [0, 0.05) is 0 Å². The number of carbonyl (C=O) groups is 1. The van der Waals surface area contributed by atoms with Crippen LogP contribution in [-0.2, 0) is 19.7 Å². The number of nitrogens with one attached hydrogen (secondary N) is 1. The van der Waals surface area contributed by atoms with Crippen molar-refractivity contribution in [3.05, 3.63) is 0 Å². The molecule has 82 valence electrons. The van der Waals surface area contributed by atoms with Crippen LogP contribution in [0.2, 0.25) is 0 Å². The Morgan fingerprint density at radius 2 is 1.92 bits per heavy atom. The van der Waals surface area contributed by atoms with E-state index in [9.17, 15) is 13.2 Å². The highest BCUT2D eigenvalue weighted by atomic mass is 35.5. The zero-order valence-corrected chi connectivity index (χ0v) is 9.30. The minimum absolute atomic E-state index is 0. The zero-order valence-electron chi connectivity index (χ0n) is 6.85. The molecule has 0 saturated heterocycles. The predicted octanol–water partition coefficient (Wildman–Crippen LogP) is -0.814. The summed E-state index contributed by atoms with van der Waals surface area (Å²) in [5, 5.41) is 4.53. The van der Waals surface area contributed by atoms with E-state index in [0.717, 1.165) is 0 Å². The van der Waals surface area contributed by atoms with Crippen LogP contribution in [0.15, 0.2) is 0 Å². The fourth-order valence-electron chi connectivity index (χ4n) is 0.372. The standard InChI is InChI=1S/C4H10N2O4S.2ClH/c1-2-10-4(7)3-6-11(5,8)9;;/h6H,2-3H2,1H3,(H2,5,8,9);2*1H. The molecule has 13 heavy (non-hydrogen) atoms. The first-order valence-electron chi connectivity index (χ1n) is 2.88. The molecule has 0 atom stereocenters. The summed E-state index contributed by atoms with van der Waals surface area (Å²) in [6.07, 6.45) is 0. The van der Waals surface area contributed by atoms with Gasteiger partial charge in [0.1, 0.15) is 6.54 Å². The molecule has 0 unspecified atom stereocenters. The van der Waals surface area contributed by atoms with Gasteiger partial charge in [0.15, 0.2) is 0 Å². The summed E-state index contributed by atoms with van der Waals surface area (Å²) >= 11 is 0. The van der Waals surface area contributed by atoms with Crippen LogP contribution in [0.3, 0.4) is 0 Å². The third-order valence-electron chi connectivity index (χ3n) is 0.723. The molecule has 0 rings (SSSR count). The Labute approximate surface area is 89.2 Å². The van der Waals surface area contributed by atoms with Crippen molar-refractivity contribution in [3.8, 4) is 0 Å². The minimum Gasteiger partial charge on any atom is -0.465 e. The number of nitrogens with two attached hydrogens (primary N) is 1. The first-order valence-corrected chi connectivity index (χ1v) is 4.43. The van der Waals surface area contributed by atoms with Gasteiger partial charge in [0.05, 0.1) is 6.61 Å².